The number of carboxylic acid groups (broad SMARTS) is 1. The Morgan fingerprint density at radius 1 is 0.809 bits per heavy atom. The highest BCUT2D eigenvalue weighted by atomic mass is 32.1. The maximum Gasteiger partial charge on any atom is 0.305 e. The van der Waals surface area contributed by atoms with Crippen LogP contribution in [0.4, 0.5) is 0 Å². The fourth-order valence-electron chi connectivity index (χ4n) is 5.37. The Labute approximate surface area is 283 Å². The maximum atomic E-state index is 12.9. The predicted molar refractivity (Wildman–Crippen MR) is 191 cm³/mol. The highest BCUT2D eigenvalue weighted by molar-refractivity contribution is 7.14. The molecule has 250 valence electrons. The summed E-state index contributed by atoms with van der Waals surface area (Å²) >= 11 is 1.44. The van der Waals surface area contributed by atoms with Crippen molar-refractivity contribution in [2.24, 2.45) is 0 Å². The molecular formula is C39H49N3O4S. The van der Waals surface area contributed by atoms with Gasteiger partial charge in [-0.25, -0.2) is 9.97 Å². The molecule has 0 bridgehead atoms. The molecule has 0 saturated carbocycles. The van der Waals surface area contributed by atoms with Crippen molar-refractivity contribution >= 4 is 23.2 Å². The summed E-state index contributed by atoms with van der Waals surface area (Å²) in [4.78, 5) is 35.4. The van der Waals surface area contributed by atoms with Gasteiger partial charge in [0.15, 0.2) is 5.82 Å². The summed E-state index contributed by atoms with van der Waals surface area (Å²) in [6.45, 7) is 9.30. The summed E-state index contributed by atoms with van der Waals surface area (Å²) in [6, 6.07) is 19.0. The minimum atomic E-state index is -0.956. The van der Waals surface area contributed by atoms with E-state index < -0.39 is 12.0 Å². The number of carbonyl (C=O) groups is 2. The van der Waals surface area contributed by atoms with E-state index in [1.807, 2.05) is 67.0 Å². The average molecular weight is 656 g/mol. The Bertz CT molecular complexity index is 1540. The quantitative estimate of drug-likeness (QED) is 0.104. The monoisotopic (exact) mass is 655 g/mol. The Morgan fingerprint density at radius 2 is 1.43 bits per heavy atom. The number of hydrogen-bond acceptors (Lipinski definition) is 6. The van der Waals surface area contributed by atoms with E-state index >= 15 is 0 Å². The average Bonchev–Trinajstić information content (AvgIpc) is 3.56. The lowest BCUT2D eigenvalue weighted by atomic mass is 9.95. The van der Waals surface area contributed by atoms with Crippen LogP contribution in [0.15, 0.2) is 73.1 Å². The van der Waals surface area contributed by atoms with Crippen LogP contribution in [0.1, 0.15) is 106 Å². The van der Waals surface area contributed by atoms with Crippen molar-refractivity contribution in [3.63, 3.8) is 0 Å². The number of rotatable bonds is 18. The van der Waals surface area contributed by atoms with Crippen LogP contribution >= 0.6 is 11.3 Å². The van der Waals surface area contributed by atoms with Crippen molar-refractivity contribution in [1.29, 1.82) is 0 Å². The van der Waals surface area contributed by atoms with E-state index in [1.165, 1.54) is 56.3 Å². The zero-order chi connectivity index (χ0) is 33.6. The third-order valence-electron chi connectivity index (χ3n) is 8.13. The molecule has 8 heteroatoms. The Morgan fingerprint density at radius 3 is 2.02 bits per heavy atom. The van der Waals surface area contributed by atoms with Gasteiger partial charge in [-0.1, -0.05) is 109 Å². The van der Waals surface area contributed by atoms with Gasteiger partial charge < -0.3 is 15.2 Å². The van der Waals surface area contributed by atoms with Crippen molar-refractivity contribution in [3.8, 4) is 28.3 Å². The van der Waals surface area contributed by atoms with Gasteiger partial charge in [-0.15, -0.1) is 11.3 Å². The van der Waals surface area contributed by atoms with Crippen LogP contribution in [0.2, 0.25) is 0 Å². The Kier molecular flexibility index (Phi) is 13.5. The number of aliphatic carboxylic acids is 1. The summed E-state index contributed by atoms with van der Waals surface area (Å²) in [5, 5.41) is 12.4. The van der Waals surface area contributed by atoms with Crippen molar-refractivity contribution in [2.45, 2.75) is 103 Å². The minimum absolute atomic E-state index is 0.0531. The minimum Gasteiger partial charge on any atom is -0.494 e. The fraction of sp³-hybridized carbons (Fsp3) is 0.436. The van der Waals surface area contributed by atoms with Crippen LogP contribution in [0.3, 0.4) is 0 Å². The van der Waals surface area contributed by atoms with Gasteiger partial charge in [-0.05, 0) is 53.6 Å². The van der Waals surface area contributed by atoms with Gasteiger partial charge in [0.1, 0.15) is 5.75 Å². The molecule has 0 radical (unpaired) electrons. The van der Waals surface area contributed by atoms with Gasteiger partial charge in [-0.3, -0.25) is 9.59 Å². The third-order valence-corrected chi connectivity index (χ3v) is 9.64. The molecule has 2 aromatic carbocycles. The van der Waals surface area contributed by atoms with Crippen molar-refractivity contribution in [3.05, 3.63) is 88.4 Å². The molecule has 1 amide bonds. The number of carbonyl (C=O) groups excluding carboxylic acids is 1. The van der Waals surface area contributed by atoms with Crippen LogP contribution in [-0.2, 0) is 16.6 Å². The Hall–Kier alpha value is -4.04. The fourth-order valence-corrected chi connectivity index (χ4v) is 6.34. The number of unbranched alkanes of at least 4 members (excludes halogenated alkanes) is 7. The summed E-state index contributed by atoms with van der Waals surface area (Å²) in [6.07, 6.45) is 14.1. The number of aromatic nitrogens is 2. The summed E-state index contributed by atoms with van der Waals surface area (Å²) in [5.74, 6) is 0.278. The van der Waals surface area contributed by atoms with E-state index in [1.54, 1.807) is 6.07 Å². The van der Waals surface area contributed by atoms with Gasteiger partial charge in [0.25, 0.3) is 5.91 Å². The summed E-state index contributed by atoms with van der Waals surface area (Å²) in [7, 11) is 0. The van der Waals surface area contributed by atoms with Crippen molar-refractivity contribution in [2.75, 3.05) is 6.61 Å². The zero-order valence-corrected chi connectivity index (χ0v) is 29.1. The van der Waals surface area contributed by atoms with E-state index in [-0.39, 0.29) is 17.7 Å². The largest absolute Gasteiger partial charge is 0.494 e. The standard InChI is InChI=1S/C39H49N3O4S/c1-5-6-7-8-9-10-11-12-23-46-33-19-17-29(18-20-33)31-26-40-37(41-27-31)30-15-13-28(14-16-30)24-32(25-36(43)44)42-38(45)34-21-22-35(47-34)39(2,3)4/h13-22,26-27,32H,5-12,23-25H2,1-4H3,(H,42,45)(H,43,44). The number of amides is 1. The van der Waals surface area contributed by atoms with E-state index in [0.29, 0.717) is 17.1 Å². The van der Waals surface area contributed by atoms with Crippen molar-refractivity contribution in [1.82, 2.24) is 15.3 Å². The number of thiophene rings is 1. The van der Waals surface area contributed by atoms with E-state index in [4.69, 9.17) is 4.74 Å². The van der Waals surface area contributed by atoms with Gasteiger partial charge in [0.2, 0.25) is 0 Å². The van der Waals surface area contributed by atoms with Crippen LogP contribution < -0.4 is 10.1 Å². The lowest BCUT2D eigenvalue weighted by Gasteiger charge is -2.17. The first-order valence-corrected chi connectivity index (χ1v) is 17.7. The number of nitrogens with one attached hydrogen (secondary N) is 1. The van der Waals surface area contributed by atoms with Gasteiger partial charge in [0.05, 0.1) is 17.9 Å². The van der Waals surface area contributed by atoms with Gasteiger partial charge in [0, 0.05) is 34.4 Å². The smallest absolute Gasteiger partial charge is 0.305 e. The molecule has 2 N–H and O–H groups in total. The molecule has 0 saturated heterocycles. The number of carboxylic acids is 1. The van der Waals surface area contributed by atoms with Gasteiger partial charge >= 0.3 is 5.97 Å². The molecule has 2 aromatic heterocycles. The molecule has 47 heavy (non-hydrogen) atoms. The number of hydrogen-bond donors (Lipinski definition) is 2. The first-order chi connectivity index (χ1) is 22.6. The second-order valence-electron chi connectivity index (χ2n) is 13.2. The van der Waals surface area contributed by atoms with Crippen LogP contribution in [0.25, 0.3) is 22.5 Å². The second kappa shape index (κ2) is 17.8. The summed E-state index contributed by atoms with van der Waals surface area (Å²) < 4.78 is 5.94. The van der Waals surface area contributed by atoms with Crippen LogP contribution in [-0.4, -0.2) is 39.6 Å². The van der Waals surface area contributed by atoms with E-state index in [9.17, 15) is 14.7 Å². The van der Waals surface area contributed by atoms with Crippen LogP contribution in [0, 0.1) is 0 Å². The normalized spacial score (nSPS) is 12.1. The zero-order valence-electron chi connectivity index (χ0n) is 28.3. The molecule has 0 spiro atoms. The highest BCUT2D eigenvalue weighted by Crippen LogP contribution is 2.30. The molecule has 2 heterocycles. The molecule has 1 atom stereocenters. The molecule has 0 aliphatic heterocycles. The topological polar surface area (TPSA) is 101 Å². The number of benzene rings is 2. The second-order valence-corrected chi connectivity index (χ2v) is 14.3. The maximum absolute atomic E-state index is 12.9. The number of ether oxygens (including phenoxy) is 1. The Balaban J connectivity index is 1.28. The predicted octanol–water partition coefficient (Wildman–Crippen LogP) is 9.50. The molecule has 1 unspecified atom stereocenters. The molecule has 7 nitrogen and oxygen atoms in total. The molecule has 0 aliphatic rings. The molecule has 0 aliphatic carbocycles. The third kappa shape index (κ3) is 11.6. The van der Waals surface area contributed by atoms with Crippen LogP contribution in [0.5, 0.6) is 5.75 Å². The lowest BCUT2D eigenvalue weighted by molar-refractivity contribution is -0.137. The van der Waals surface area contributed by atoms with E-state index in [0.717, 1.165) is 45.9 Å². The number of nitrogens with zero attached hydrogens (tertiary/aromatic N) is 2. The highest BCUT2D eigenvalue weighted by Gasteiger charge is 2.22. The lowest BCUT2D eigenvalue weighted by Crippen LogP contribution is -2.37. The molecule has 0 fully saturated rings. The first-order valence-electron chi connectivity index (χ1n) is 16.9. The molecular weight excluding hydrogens is 607 g/mol. The summed E-state index contributed by atoms with van der Waals surface area (Å²) in [5.41, 5.74) is 3.67. The van der Waals surface area contributed by atoms with Gasteiger partial charge in [-0.2, -0.15) is 0 Å². The SMILES string of the molecule is CCCCCCCCCCOc1ccc(-c2cnc(-c3ccc(CC(CC(=O)O)NC(=O)c4ccc(C(C)(C)C)s4)cc3)nc2)cc1. The molecule has 4 rings (SSSR count). The van der Waals surface area contributed by atoms with E-state index in [2.05, 4.69) is 43.0 Å². The molecule has 4 aromatic rings. The first kappa shape index (κ1) is 35.8. The van der Waals surface area contributed by atoms with Crippen molar-refractivity contribution < 1.29 is 19.4 Å².